The summed E-state index contributed by atoms with van der Waals surface area (Å²) >= 11 is 1.93. The highest BCUT2D eigenvalue weighted by Crippen LogP contribution is 2.57. The molecule has 0 amide bonds. The molecule has 0 saturated heterocycles. The number of hydrogen-bond acceptors (Lipinski definition) is 2. The predicted molar refractivity (Wildman–Crippen MR) is 57.0 cm³/mol. The number of hydrogen-bond donors (Lipinski definition) is 0. The van der Waals surface area contributed by atoms with Crippen LogP contribution in [0, 0.1) is 5.41 Å². The van der Waals surface area contributed by atoms with E-state index < -0.39 is 0 Å². The molecule has 0 N–H and O–H groups in total. The van der Waals surface area contributed by atoms with E-state index in [0.29, 0.717) is 5.41 Å². The van der Waals surface area contributed by atoms with Crippen LogP contribution in [0.2, 0.25) is 0 Å². The molecule has 13 heavy (non-hydrogen) atoms. The highest BCUT2D eigenvalue weighted by atomic mass is 32.2. The van der Waals surface area contributed by atoms with E-state index in [1.165, 1.54) is 37.3 Å². The molecule has 3 aliphatic rings. The Hall–Kier alpha value is -0.370. The summed E-state index contributed by atoms with van der Waals surface area (Å²) in [6, 6.07) is 0. The van der Waals surface area contributed by atoms with Crippen LogP contribution in [0.25, 0.3) is 0 Å². The maximum Gasteiger partial charge on any atom is 0.0752 e. The molecule has 0 aromatic carbocycles. The number of nitrogens with zero attached hydrogens (tertiary/aromatic N) is 1. The van der Waals surface area contributed by atoms with Crippen LogP contribution in [0.4, 0.5) is 0 Å². The molecule has 0 radical (unpaired) electrons. The van der Waals surface area contributed by atoms with E-state index in [1.807, 2.05) is 11.8 Å². The molecule has 70 valence electrons. The first-order valence-corrected chi connectivity index (χ1v) is 6.03. The first-order chi connectivity index (χ1) is 6.30. The largest absolute Gasteiger partial charge is 0.339 e. The number of thioether (sulfide) groups is 1. The quantitative estimate of drug-likeness (QED) is 0.628. The van der Waals surface area contributed by atoms with Crippen LogP contribution < -0.4 is 0 Å². The molecule has 0 unspecified atom stereocenters. The molecule has 1 fully saturated rings. The Kier molecular flexibility index (Phi) is 1.58. The summed E-state index contributed by atoms with van der Waals surface area (Å²) in [4.78, 5) is 2.54. The fourth-order valence-electron chi connectivity index (χ4n) is 2.14. The van der Waals surface area contributed by atoms with Crippen molar-refractivity contribution in [3.8, 4) is 0 Å². The van der Waals surface area contributed by atoms with E-state index >= 15 is 0 Å². The van der Waals surface area contributed by atoms with E-state index in [9.17, 15) is 0 Å². The lowest BCUT2D eigenvalue weighted by molar-refractivity contribution is 0.372. The van der Waals surface area contributed by atoms with Crippen LogP contribution in [0.3, 0.4) is 0 Å². The minimum atomic E-state index is 0.542. The normalized spacial score (nSPS) is 29.5. The maximum atomic E-state index is 2.54. The van der Waals surface area contributed by atoms with Gasteiger partial charge in [0.2, 0.25) is 0 Å². The average molecular weight is 193 g/mol. The number of rotatable bonds is 1. The van der Waals surface area contributed by atoms with E-state index in [-0.39, 0.29) is 0 Å². The molecule has 0 spiro atoms. The predicted octanol–water partition coefficient (Wildman–Crippen LogP) is 3.31. The van der Waals surface area contributed by atoms with Gasteiger partial charge in [0.15, 0.2) is 0 Å². The SMILES string of the molecule is CC1(C2=CSC3=CCCCN32)CC1. The van der Waals surface area contributed by atoms with E-state index in [0.717, 1.165) is 0 Å². The second-order valence-corrected chi connectivity index (χ2v) is 5.41. The molecule has 0 atom stereocenters. The van der Waals surface area contributed by atoms with E-state index in [4.69, 9.17) is 0 Å². The zero-order valence-corrected chi connectivity index (χ0v) is 8.86. The summed E-state index contributed by atoms with van der Waals surface area (Å²) in [7, 11) is 0. The summed E-state index contributed by atoms with van der Waals surface area (Å²) in [5, 5.41) is 3.87. The van der Waals surface area contributed by atoms with Crippen LogP contribution in [0.15, 0.2) is 22.2 Å². The highest BCUT2D eigenvalue weighted by Gasteiger charge is 2.45. The summed E-state index contributed by atoms with van der Waals surface area (Å²) in [5.41, 5.74) is 2.14. The van der Waals surface area contributed by atoms with E-state index in [1.54, 1.807) is 5.70 Å². The van der Waals surface area contributed by atoms with Gasteiger partial charge in [0.25, 0.3) is 0 Å². The third-order valence-corrected chi connectivity index (χ3v) is 4.34. The number of fused-ring (bicyclic) bond motifs is 1. The van der Waals surface area contributed by atoms with Crippen LogP contribution in [-0.4, -0.2) is 11.4 Å². The van der Waals surface area contributed by atoms with Gasteiger partial charge in [-0.1, -0.05) is 24.8 Å². The minimum absolute atomic E-state index is 0.542. The second kappa shape index (κ2) is 2.57. The molecule has 1 saturated carbocycles. The molecule has 0 aromatic rings. The minimum Gasteiger partial charge on any atom is -0.339 e. The van der Waals surface area contributed by atoms with Gasteiger partial charge >= 0.3 is 0 Å². The van der Waals surface area contributed by atoms with Crippen LogP contribution >= 0.6 is 11.8 Å². The van der Waals surface area contributed by atoms with Gasteiger partial charge in [0.05, 0.1) is 5.03 Å². The van der Waals surface area contributed by atoms with Crippen molar-refractivity contribution in [3.63, 3.8) is 0 Å². The van der Waals surface area contributed by atoms with Gasteiger partial charge in [-0.2, -0.15) is 0 Å². The molecule has 2 heteroatoms. The Labute approximate surface area is 83.9 Å². The first-order valence-electron chi connectivity index (χ1n) is 5.15. The van der Waals surface area contributed by atoms with Crippen molar-refractivity contribution < 1.29 is 0 Å². The molecule has 0 bridgehead atoms. The zero-order chi connectivity index (χ0) is 8.89. The van der Waals surface area contributed by atoms with Crippen LogP contribution in [0.1, 0.15) is 32.6 Å². The lowest BCUT2D eigenvalue weighted by Crippen LogP contribution is -2.25. The molecule has 2 aliphatic heterocycles. The van der Waals surface area contributed by atoms with E-state index in [2.05, 4.69) is 23.3 Å². The Morgan fingerprint density at radius 1 is 1.46 bits per heavy atom. The fraction of sp³-hybridized carbons (Fsp3) is 0.636. The van der Waals surface area contributed by atoms with Crippen molar-refractivity contribution in [2.45, 2.75) is 32.6 Å². The fourth-order valence-corrected chi connectivity index (χ4v) is 3.31. The topological polar surface area (TPSA) is 3.24 Å². The highest BCUT2D eigenvalue weighted by molar-refractivity contribution is 8.06. The molecule has 2 heterocycles. The zero-order valence-electron chi connectivity index (χ0n) is 8.05. The van der Waals surface area contributed by atoms with Crippen molar-refractivity contribution in [2.24, 2.45) is 5.41 Å². The summed E-state index contributed by atoms with van der Waals surface area (Å²) in [5.74, 6) is 0. The lowest BCUT2D eigenvalue weighted by Gasteiger charge is -2.29. The van der Waals surface area contributed by atoms with Crippen molar-refractivity contribution in [1.82, 2.24) is 4.90 Å². The Morgan fingerprint density at radius 3 is 3.08 bits per heavy atom. The molecule has 3 rings (SSSR count). The number of allylic oxidation sites excluding steroid dienone is 2. The van der Waals surface area contributed by atoms with Gasteiger partial charge in [0.1, 0.15) is 0 Å². The van der Waals surface area contributed by atoms with Gasteiger partial charge < -0.3 is 4.90 Å². The smallest absolute Gasteiger partial charge is 0.0752 e. The second-order valence-electron chi connectivity index (χ2n) is 4.52. The standard InChI is InChI=1S/C11H15NS/c1-11(5-6-11)9-8-13-10-4-2-3-7-12(9)10/h4,8H,2-3,5-7H2,1H3. The van der Waals surface area contributed by atoms with Gasteiger partial charge in [-0.25, -0.2) is 0 Å². The van der Waals surface area contributed by atoms with Gasteiger partial charge in [-0.3, -0.25) is 0 Å². The molecule has 0 aromatic heterocycles. The third kappa shape index (κ3) is 1.15. The van der Waals surface area contributed by atoms with Crippen molar-refractivity contribution in [1.29, 1.82) is 0 Å². The Morgan fingerprint density at radius 2 is 2.31 bits per heavy atom. The van der Waals surface area contributed by atoms with Crippen molar-refractivity contribution in [2.75, 3.05) is 6.54 Å². The summed E-state index contributed by atoms with van der Waals surface area (Å²) < 4.78 is 0. The van der Waals surface area contributed by atoms with Crippen LogP contribution in [0.5, 0.6) is 0 Å². The van der Waals surface area contributed by atoms with Gasteiger partial charge in [-0.15, -0.1) is 0 Å². The van der Waals surface area contributed by atoms with Crippen molar-refractivity contribution >= 4 is 11.8 Å². The first kappa shape index (κ1) is 7.98. The van der Waals surface area contributed by atoms with Crippen molar-refractivity contribution in [3.05, 3.63) is 22.2 Å². The average Bonchev–Trinajstić information content (AvgIpc) is 2.76. The molecular weight excluding hydrogens is 178 g/mol. The third-order valence-electron chi connectivity index (χ3n) is 3.37. The Bertz CT molecular complexity index is 299. The van der Waals surface area contributed by atoms with Crippen LogP contribution in [-0.2, 0) is 0 Å². The van der Waals surface area contributed by atoms with Gasteiger partial charge in [-0.05, 0) is 31.1 Å². The summed E-state index contributed by atoms with van der Waals surface area (Å²) in [6.07, 6.45) is 7.78. The maximum absolute atomic E-state index is 2.54. The molecular formula is C11H15NS. The molecule has 1 nitrogen and oxygen atoms in total. The monoisotopic (exact) mass is 193 g/mol. The van der Waals surface area contributed by atoms with Gasteiger partial charge in [0, 0.05) is 17.7 Å². The molecule has 1 aliphatic carbocycles. The lowest BCUT2D eigenvalue weighted by atomic mass is 10.0. The Balaban J connectivity index is 1.91. The summed E-state index contributed by atoms with van der Waals surface area (Å²) in [6.45, 7) is 3.65.